The van der Waals surface area contributed by atoms with Gasteiger partial charge in [0.2, 0.25) is 5.82 Å². The van der Waals surface area contributed by atoms with Crippen LogP contribution in [0.4, 0.5) is 0 Å². The number of rotatable bonds is 2. The molecular formula is C19H18N6O. The second kappa shape index (κ2) is 5.74. The summed E-state index contributed by atoms with van der Waals surface area (Å²) in [5.41, 5.74) is 6.93. The van der Waals surface area contributed by atoms with Crippen LogP contribution in [0.3, 0.4) is 0 Å². The van der Waals surface area contributed by atoms with Crippen LogP contribution in [0.25, 0.3) is 28.6 Å². The van der Waals surface area contributed by atoms with Crippen molar-refractivity contribution >= 4 is 5.65 Å². The summed E-state index contributed by atoms with van der Waals surface area (Å²) in [5, 5.41) is 7.65. The summed E-state index contributed by atoms with van der Waals surface area (Å²) in [6.45, 7) is 5.72. The summed E-state index contributed by atoms with van der Waals surface area (Å²) in [6, 6.07) is 5.89. The number of pyridine rings is 2. The Morgan fingerprint density at radius 1 is 1.15 bits per heavy atom. The molecule has 130 valence electrons. The lowest BCUT2D eigenvalue weighted by molar-refractivity contribution is 0.430. The predicted octanol–water partition coefficient (Wildman–Crippen LogP) is 2.71. The minimum atomic E-state index is 0.474. The van der Waals surface area contributed by atoms with Gasteiger partial charge in [0, 0.05) is 30.2 Å². The maximum atomic E-state index is 5.63. The highest BCUT2D eigenvalue weighted by Crippen LogP contribution is 2.31. The summed E-state index contributed by atoms with van der Waals surface area (Å²) in [5.74, 6) is 1.07. The van der Waals surface area contributed by atoms with Crippen LogP contribution in [0.5, 0.6) is 0 Å². The zero-order chi connectivity index (χ0) is 17.7. The molecule has 0 saturated heterocycles. The molecule has 7 nitrogen and oxygen atoms in total. The Bertz CT molecular complexity index is 1130. The van der Waals surface area contributed by atoms with Gasteiger partial charge in [0.15, 0.2) is 0 Å². The summed E-state index contributed by atoms with van der Waals surface area (Å²) in [7, 11) is 0. The normalized spacial score (nSPS) is 13.9. The van der Waals surface area contributed by atoms with Crippen molar-refractivity contribution in [3.05, 3.63) is 53.1 Å². The number of nitrogens with one attached hydrogen (secondary N) is 1. The van der Waals surface area contributed by atoms with Gasteiger partial charge in [-0.15, -0.1) is 0 Å². The Labute approximate surface area is 150 Å². The van der Waals surface area contributed by atoms with Gasteiger partial charge in [-0.3, -0.25) is 9.38 Å². The number of aromatic nitrogens is 5. The fourth-order valence-corrected chi connectivity index (χ4v) is 3.66. The molecule has 7 heteroatoms. The minimum absolute atomic E-state index is 0.474. The van der Waals surface area contributed by atoms with Crippen molar-refractivity contribution in [2.45, 2.75) is 26.8 Å². The molecule has 0 aromatic carbocycles. The first-order valence-electron chi connectivity index (χ1n) is 8.68. The van der Waals surface area contributed by atoms with E-state index >= 15 is 0 Å². The number of imidazole rings is 1. The van der Waals surface area contributed by atoms with E-state index in [2.05, 4.69) is 20.4 Å². The molecule has 1 aliphatic heterocycles. The van der Waals surface area contributed by atoms with E-state index in [4.69, 9.17) is 9.51 Å². The average molecular weight is 346 g/mol. The maximum absolute atomic E-state index is 5.63. The molecule has 0 bridgehead atoms. The van der Waals surface area contributed by atoms with Crippen LogP contribution < -0.4 is 5.32 Å². The number of nitrogens with zero attached hydrogens (tertiary/aromatic N) is 5. The van der Waals surface area contributed by atoms with E-state index < -0.39 is 0 Å². The fraction of sp³-hybridized carbons (Fsp3) is 0.263. The molecule has 0 saturated carbocycles. The van der Waals surface area contributed by atoms with Gasteiger partial charge in [-0.2, -0.15) is 4.98 Å². The molecule has 0 unspecified atom stereocenters. The highest BCUT2D eigenvalue weighted by molar-refractivity contribution is 5.67. The van der Waals surface area contributed by atoms with Gasteiger partial charge in [-0.25, -0.2) is 4.98 Å². The Morgan fingerprint density at radius 3 is 3.00 bits per heavy atom. The standard InChI is InChI=1S/C19H18N6O/c1-11-16(14-6-7-20-9-13(14)10-21-11)18-23-19(26-24-18)17-12(2)22-15-5-3-4-8-25(15)17/h3-5,8,10,20H,6-7,9H2,1-2H3. The van der Waals surface area contributed by atoms with E-state index in [9.17, 15) is 0 Å². The predicted molar refractivity (Wildman–Crippen MR) is 96.6 cm³/mol. The molecule has 0 radical (unpaired) electrons. The molecule has 0 aliphatic carbocycles. The first kappa shape index (κ1) is 15.2. The first-order chi connectivity index (χ1) is 12.7. The molecular weight excluding hydrogens is 328 g/mol. The van der Waals surface area contributed by atoms with Gasteiger partial charge in [0.25, 0.3) is 5.89 Å². The van der Waals surface area contributed by atoms with Gasteiger partial charge in [-0.05, 0) is 50.1 Å². The van der Waals surface area contributed by atoms with Crippen molar-refractivity contribution in [1.82, 2.24) is 29.8 Å². The van der Waals surface area contributed by atoms with Crippen LogP contribution in [0.1, 0.15) is 22.5 Å². The Kier molecular flexibility index (Phi) is 3.36. The summed E-state index contributed by atoms with van der Waals surface area (Å²) >= 11 is 0. The van der Waals surface area contributed by atoms with Crippen molar-refractivity contribution in [2.24, 2.45) is 0 Å². The van der Waals surface area contributed by atoms with Gasteiger partial charge in [0.05, 0.1) is 5.69 Å². The topological polar surface area (TPSA) is 81.1 Å². The Morgan fingerprint density at radius 2 is 2.08 bits per heavy atom. The Hall–Kier alpha value is -3.06. The van der Waals surface area contributed by atoms with Gasteiger partial charge in [-0.1, -0.05) is 11.2 Å². The molecule has 4 aromatic rings. The second-order valence-corrected chi connectivity index (χ2v) is 6.55. The molecule has 0 atom stereocenters. The lowest BCUT2D eigenvalue weighted by atomic mass is 9.95. The number of aryl methyl sites for hydroxylation is 2. The van der Waals surface area contributed by atoms with Crippen LogP contribution >= 0.6 is 0 Å². The minimum Gasteiger partial charge on any atom is -0.332 e. The van der Waals surface area contributed by atoms with E-state index in [1.807, 2.05) is 48.8 Å². The molecule has 1 N–H and O–H groups in total. The lowest BCUT2D eigenvalue weighted by Crippen LogP contribution is -2.24. The third kappa shape index (κ3) is 2.24. The first-order valence-corrected chi connectivity index (χ1v) is 8.68. The fourth-order valence-electron chi connectivity index (χ4n) is 3.66. The van der Waals surface area contributed by atoms with Crippen LogP contribution in [-0.2, 0) is 13.0 Å². The third-order valence-electron chi connectivity index (χ3n) is 4.89. The molecule has 1 aliphatic rings. The van der Waals surface area contributed by atoms with Crippen molar-refractivity contribution in [3.63, 3.8) is 0 Å². The molecule has 5 rings (SSSR count). The monoisotopic (exact) mass is 346 g/mol. The second-order valence-electron chi connectivity index (χ2n) is 6.55. The van der Waals surface area contributed by atoms with E-state index in [0.717, 1.165) is 47.8 Å². The van der Waals surface area contributed by atoms with Gasteiger partial charge >= 0.3 is 0 Å². The quantitative estimate of drug-likeness (QED) is 0.601. The largest absolute Gasteiger partial charge is 0.332 e. The molecule has 5 heterocycles. The van der Waals surface area contributed by atoms with Gasteiger partial charge in [0.1, 0.15) is 11.3 Å². The summed E-state index contributed by atoms with van der Waals surface area (Å²) in [4.78, 5) is 13.8. The van der Waals surface area contributed by atoms with Crippen LogP contribution in [0, 0.1) is 13.8 Å². The average Bonchev–Trinajstić information content (AvgIpc) is 3.24. The van der Waals surface area contributed by atoms with Crippen molar-refractivity contribution in [3.8, 4) is 23.0 Å². The molecule has 0 fully saturated rings. The smallest absolute Gasteiger partial charge is 0.277 e. The third-order valence-corrected chi connectivity index (χ3v) is 4.89. The van der Waals surface area contributed by atoms with E-state index in [0.29, 0.717) is 11.7 Å². The van der Waals surface area contributed by atoms with Crippen molar-refractivity contribution in [2.75, 3.05) is 6.54 Å². The number of fused-ring (bicyclic) bond motifs is 2. The molecule has 0 spiro atoms. The van der Waals surface area contributed by atoms with E-state index in [1.165, 1.54) is 11.1 Å². The van der Waals surface area contributed by atoms with Crippen LogP contribution in [0.2, 0.25) is 0 Å². The van der Waals surface area contributed by atoms with Crippen molar-refractivity contribution < 1.29 is 4.52 Å². The Balaban J connectivity index is 1.67. The van der Waals surface area contributed by atoms with E-state index in [-0.39, 0.29) is 0 Å². The zero-order valence-corrected chi connectivity index (χ0v) is 14.7. The SMILES string of the molecule is Cc1ncc2c(c1-c1noc(-c3c(C)nc4ccccn34)n1)CCNC2. The van der Waals surface area contributed by atoms with Crippen LogP contribution in [0.15, 0.2) is 35.1 Å². The van der Waals surface area contributed by atoms with Crippen molar-refractivity contribution in [1.29, 1.82) is 0 Å². The van der Waals surface area contributed by atoms with E-state index in [1.54, 1.807) is 0 Å². The molecule has 4 aromatic heterocycles. The molecule has 26 heavy (non-hydrogen) atoms. The number of hydrogen-bond donors (Lipinski definition) is 1. The summed E-state index contributed by atoms with van der Waals surface area (Å²) in [6.07, 6.45) is 4.83. The number of hydrogen-bond acceptors (Lipinski definition) is 6. The van der Waals surface area contributed by atoms with Gasteiger partial charge < -0.3 is 9.84 Å². The lowest BCUT2D eigenvalue weighted by Gasteiger charge is -2.19. The zero-order valence-electron chi connectivity index (χ0n) is 14.7. The highest BCUT2D eigenvalue weighted by atomic mass is 16.5. The van der Waals surface area contributed by atoms with Crippen LogP contribution in [-0.4, -0.2) is 31.1 Å². The summed E-state index contributed by atoms with van der Waals surface area (Å²) < 4.78 is 7.61. The molecule has 0 amide bonds. The highest BCUT2D eigenvalue weighted by Gasteiger charge is 2.23. The maximum Gasteiger partial charge on any atom is 0.277 e.